The monoisotopic (exact) mass is 322 g/mol. The molecule has 5 nitrogen and oxygen atoms in total. The van der Waals surface area contributed by atoms with Crippen LogP contribution in [0.25, 0.3) is 0 Å². The number of ketones is 1. The Balaban J connectivity index is 2.10. The van der Waals surface area contributed by atoms with Crippen LogP contribution < -0.4 is 5.73 Å². The van der Waals surface area contributed by atoms with Crippen molar-refractivity contribution < 1.29 is 14.3 Å². The molecule has 0 spiro atoms. The zero-order valence-corrected chi connectivity index (χ0v) is 13.2. The Morgan fingerprint density at radius 1 is 1.55 bits per heavy atom. The summed E-state index contributed by atoms with van der Waals surface area (Å²) in [5.41, 5.74) is 5.82. The van der Waals surface area contributed by atoms with Crippen LogP contribution in [0.4, 0.5) is 0 Å². The minimum Gasteiger partial charge on any atom is -0.468 e. The van der Waals surface area contributed by atoms with Crippen molar-refractivity contribution in [2.45, 2.75) is 36.9 Å². The second kappa shape index (κ2) is 5.99. The number of nitrogens with zero attached hydrogens (tertiary/aromatic N) is 1. The Hall–Kier alpha value is -1.43. The van der Waals surface area contributed by atoms with Crippen molar-refractivity contribution in [3.05, 3.63) is 34.9 Å². The number of nitrogens with two attached hydrogens (primary N) is 1. The topological polar surface area (TPSA) is 73.9 Å². The second-order valence-electron chi connectivity index (χ2n) is 5.71. The van der Waals surface area contributed by atoms with Crippen LogP contribution >= 0.6 is 11.6 Å². The van der Waals surface area contributed by atoms with Crippen LogP contribution in [-0.2, 0) is 19.8 Å². The number of methoxy groups -OCH3 is 1. The minimum absolute atomic E-state index is 0.0276. The molecule has 1 aromatic rings. The van der Waals surface area contributed by atoms with Gasteiger partial charge in [0.15, 0.2) is 11.6 Å². The van der Waals surface area contributed by atoms with Crippen molar-refractivity contribution in [3.63, 3.8) is 0 Å². The lowest BCUT2D eigenvalue weighted by atomic mass is 9.74. The van der Waals surface area contributed by atoms with E-state index in [1.54, 1.807) is 13.2 Å². The molecular weight excluding hydrogens is 304 g/mol. The number of ether oxygens (including phenoxy) is 2. The fourth-order valence-corrected chi connectivity index (χ4v) is 3.49. The molecule has 0 aromatic heterocycles. The molecule has 1 fully saturated rings. The van der Waals surface area contributed by atoms with E-state index in [9.17, 15) is 4.79 Å². The summed E-state index contributed by atoms with van der Waals surface area (Å²) in [7, 11) is 1.57. The summed E-state index contributed by atoms with van der Waals surface area (Å²) in [4.78, 5) is 17.5. The SMILES string of the molecule is COC[C@H](N)C1=NC2(c3ccccc3Cl)CCCC(O1)C2=O. The van der Waals surface area contributed by atoms with Crippen molar-refractivity contribution in [1.29, 1.82) is 0 Å². The molecular formula is C16H19ClN2O3. The summed E-state index contributed by atoms with van der Waals surface area (Å²) >= 11 is 6.33. The van der Waals surface area contributed by atoms with E-state index in [2.05, 4.69) is 4.99 Å². The van der Waals surface area contributed by atoms with Gasteiger partial charge in [-0.25, -0.2) is 4.99 Å². The maximum Gasteiger partial charge on any atom is 0.205 e. The molecule has 118 valence electrons. The Kier molecular flexibility index (Phi) is 4.21. The first-order chi connectivity index (χ1) is 10.6. The van der Waals surface area contributed by atoms with Crippen LogP contribution in [0.5, 0.6) is 0 Å². The van der Waals surface area contributed by atoms with Gasteiger partial charge in [-0.15, -0.1) is 0 Å². The summed E-state index contributed by atoms with van der Waals surface area (Å²) in [6.07, 6.45) is 1.67. The normalized spacial score (nSPS) is 28.8. The Morgan fingerprint density at radius 3 is 3.05 bits per heavy atom. The molecule has 1 heterocycles. The molecule has 3 atom stereocenters. The van der Waals surface area contributed by atoms with E-state index in [0.717, 1.165) is 12.0 Å². The number of Topliss-reactive ketones (excluding diaryl/α,β-unsaturated/α-hetero) is 1. The lowest BCUT2D eigenvalue weighted by molar-refractivity contribution is -0.137. The number of hydrogen-bond donors (Lipinski definition) is 1. The molecule has 0 amide bonds. The van der Waals surface area contributed by atoms with Gasteiger partial charge in [0.1, 0.15) is 6.04 Å². The van der Waals surface area contributed by atoms with Gasteiger partial charge in [-0.1, -0.05) is 29.8 Å². The van der Waals surface area contributed by atoms with Crippen molar-refractivity contribution in [3.8, 4) is 0 Å². The van der Waals surface area contributed by atoms with E-state index >= 15 is 0 Å². The summed E-state index contributed by atoms with van der Waals surface area (Å²) < 4.78 is 10.8. The molecule has 0 saturated heterocycles. The number of carbonyl (C=O) groups excluding carboxylic acids is 1. The van der Waals surface area contributed by atoms with Gasteiger partial charge in [-0.3, -0.25) is 4.79 Å². The smallest absolute Gasteiger partial charge is 0.205 e. The van der Waals surface area contributed by atoms with Gasteiger partial charge in [0.05, 0.1) is 6.61 Å². The standard InChI is InChI=1S/C16H19ClN2O3/c1-21-9-12(18)15-19-16(10-5-2-3-6-11(10)17)8-4-7-13(22-15)14(16)20/h2-3,5-6,12-13H,4,7-9,18H2,1H3/t12-,13?,16?/m0/s1. The van der Waals surface area contributed by atoms with Gasteiger partial charge < -0.3 is 15.2 Å². The second-order valence-corrected chi connectivity index (χ2v) is 6.12. The van der Waals surface area contributed by atoms with Crippen molar-refractivity contribution in [2.75, 3.05) is 13.7 Å². The first kappa shape index (κ1) is 15.5. The molecule has 3 rings (SSSR count). The number of fused-ring (bicyclic) bond motifs is 2. The highest BCUT2D eigenvalue weighted by molar-refractivity contribution is 6.32. The van der Waals surface area contributed by atoms with Gasteiger partial charge in [0.2, 0.25) is 11.7 Å². The lowest BCUT2D eigenvalue weighted by Crippen LogP contribution is -2.54. The highest BCUT2D eigenvalue weighted by Crippen LogP contribution is 2.44. The van der Waals surface area contributed by atoms with E-state index in [0.29, 0.717) is 30.4 Å². The van der Waals surface area contributed by atoms with E-state index in [1.165, 1.54) is 0 Å². The third-order valence-corrected chi connectivity index (χ3v) is 4.58. The molecule has 2 N–H and O–H groups in total. The number of benzene rings is 1. The number of hydrogen-bond acceptors (Lipinski definition) is 5. The first-order valence-electron chi connectivity index (χ1n) is 7.39. The Morgan fingerprint density at radius 2 is 2.32 bits per heavy atom. The minimum atomic E-state index is -0.972. The fourth-order valence-electron chi connectivity index (χ4n) is 3.19. The highest BCUT2D eigenvalue weighted by atomic mass is 35.5. The molecule has 1 aromatic carbocycles. The van der Waals surface area contributed by atoms with E-state index < -0.39 is 17.7 Å². The van der Waals surface area contributed by atoms with Gasteiger partial charge in [-0.05, 0) is 25.3 Å². The quantitative estimate of drug-likeness (QED) is 0.920. The average molecular weight is 323 g/mol. The van der Waals surface area contributed by atoms with Crippen molar-refractivity contribution in [2.24, 2.45) is 10.7 Å². The number of aliphatic imine (C=N–C) groups is 1. The highest BCUT2D eigenvalue weighted by Gasteiger charge is 2.52. The Labute approximate surface area is 134 Å². The maximum atomic E-state index is 12.8. The number of halogens is 1. The summed E-state index contributed by atoms with van der Waals surface area (Å²) in [5.74, 6) is 0.353. The molecule has 1 aliphatic heterocycles. The van der Waals surface area contributed by atoms with Crippen molar-refractivity contribution in [1.82, 2.24) is 0 Å². The van der Waals surface area contributed by atoms with Crippen LogP contribution in [0.3, 0.4) is 0 Å². The molecule has 1 saturated carbocycles. The van der Waals surface area contributed by atoms with Crippen LogP contribution in [0.2, 0.25) is 5.02 Å². The fraction of sp³-hybridized carbons (Fsp3) is 0.500. The van der Waals surface area contributed by atoms with Gasteiger partial charge >= 0.3 is 0 Å². The lowest BCUT2D eigenvalue weighted by Gasteiger charge is -2.42. The van der Waals surface area contributed by atoms with E-state index in [-0.39, 0.29) is 5.78 Å². The largest absolute Gasteiger partial charge is 0.468 e. The van der Waals surface area contributed by atoms with E-state index in [4.69, 9.17) is 26.8 Å². The molecule has 0 radical (unpaired) electrons. The number of carbonyl (C=O) groups is 1. The molecule has 6 heteroatoms. The zero-order chi connectivity index (χ0) is 15.7. The summed E-state index contributed by atoms with van der Waals surface area (Å²) in [6, 6.07) is 6.86. The molecule has 2 aliphatic rings. The Bertz CT molecular complexity index is 619. The maximum absolute atomic E-state index is 12.8. The van der Waals surface area contributed by atoms with Crippen LogP contribution in [0, 0.1) is 0 Å². The number of rotatable bonds is 4. The van der Waals surface area contributed by atoms with Crippen LogP contribution in [0.1, 0.15) is 24.8 Å². The van der Waals surface area contributed by atoms with Gasteiger partial charge in [-0.2, -0.15) is 0 Å². The van der Waals surface area contributed by atoms with Gasteiger partial charge in [0.25, 0.3) is 0 Å². The van der Waals surface area contributed by atoms with Crippen LogP contribution in [-0.4, -0.2) is 37.5 Å². The molecule has 2 unspecified atom stereocenters. The summed E-state index contributed by atoms with van der Waals surface area (Å²) in [5, 5.41) is 0.543. The van der Waals surface area contributed by atoms with Crippen LogP contribution in [0.15, 0.2) is 29.3 Å². The average Bonchev–Trinajstić information content (AvgIpc) is 2.48. The summed E-state index contributed by atoms with van der Waals surface area (Å²) in [6.45, 7) is 0.290. The third-order valence-electron chi connectivity index (χ3n) is 4.25. The van der Waals surface area contributed by atoms with Gasteiger partial charge in [0, 0.05) is 17.7 Å². The van der Waals surface area contributed by atoms with Crippen molar-refractivity contribution >= 4 is 23.3 Å². The predicted octanol–water partition coefficient (Wildman–Crippen LogP) is 2.06. The third kappa shape index (κ3) is 2.43. The molecule has 1 aliphatic carbocycles. The molecule has 2 bridgehead atoms. The first-order valence-corrected chi connectivity index (χ1v) is 7.76. The zero-order valence-electron chi connectivity index (χ0n) is 12.4. The van der Waals surface area contributed by atoms with E-state index in [1.807, 2.05) is 18.2 Å². The molecule has 22 heavy (non-hydrogen) atoms. The predicted molar refractivity (Wildman–Crippen MR) is 84.1 cm³/mol.